The van der Waals surface area contributed by atoms with Crippen LogP contribution in [-0.4, -0.2) is 45.9 Å². The van der Waals surface area contributed by atoms with E-state index in [1.54, 1.807) is 30.9 Å². The van der Waals surface area contributed by atoms with Gasteiger partial charge in [-0.2, -0.15) is 0 Å². The van der Waals surface area contributed by atoms with Gasteiger partial charge in [0.2, 0.25) is 0 Å². The molecule has 9 nitrogen and oxygen atoms in total. The fraction of sp³-hybridized carbons (Fsp3) is 0.318. The highest BCUT2D eigenvalue weighted by molar-refractivity contribution is 7.89. The Hall–Kier alpha value is -3.40. The molecule has 3 aromatic heterocycles. The SMILES string of the molecule is Cc1cnc(N=C2CC[C@H](Nc3ccc(-n4cc(CS(C)(=O)=O)ccc4=O)cn3)C2)cn1. The molecule has 0 unspecified atom stereocenters. The fourth-order valence-corrected chi connectivity index (χ4v) is 4.38. The van der Waals surface area contributed by atoms with Gasteiger partial charge in [-0.3, -0.25) is 14.3 Å². The van der Waals surface area contributed by atoms with E-state index >= 15 is 0 Å². The zero-order chi connectivity index (χ0) is 22.7. The molecule has 32 heavy (non-hydrogen) atoms. The van der Waals surface area contributed by atoms with Gasteiger partial charge in [-0.05, 0) is 37.5 Å². The van der Waals surface area contributed by atoms with Crippen LogP contribution in [0.4, 0.5) is 11.6 Å². The number of nitrogens with one attached hydrogen (secondary N) is 1. The minimum atomic E-state index is -3.19. The van der Waals surface area contributed by atoms with Crippen LogP contribution in [0.3, 0.4) is 0 Å². The molecule has 0 saturated heterocycles. The first kappa shape index (κ1) is 21.8. The number of anilines is 1. The highest BCUT2D eigenvalue weighted by Crippen LogP contribution is 2.22. The van der Waals surface area contributed by atoms with E-state index < -0.39 is 9.84 Å². The highest BCUT2D eigenvalue weighted by atomic mass is 32.2. The van der Waals surface area contributed by atoms with Crippen LogP contribution in [0, 0.1) is 6.92 Å². The summed E-state index contributed by atoms with van der Waals surface area (Å²) in [4.78, 5) is 29.8. The summed E-state index contributed by atoms with van der Waals surface area (Å²) in [7, 11) is -3.19. The number of aryl methyl sites for hydroxylation is 1. The van der Waals surface area contributed by atoms with Gasteiger partial charge in [0.25, 0.3) is 5.56 Å². The number of rotatable bonds is 6. The Bertz CT molecular complexity index is 1300. The van der Waals surface area contributed by atoms with Gasteiger partial charge in [-0.15, -0.1) is 0 Å². The third-order valence-corrected chi connectivity index (χ3v) is 5.94. The number of nitrogens with zero attached hydrogens (tertiary/aromatic N) is 5. The lowest BCUT2D eigenvalue weighted by atomic mass is 10.2. The largest absolute Gasteiger partial charge is 0.367 e. The Morgan fingerprint density at radius 1 is 1.12 bits per heavy atom. The average molecular weight is 453 g/mol. The van der Waals surface area contributed by atoms with Crippen molar-refractivity contribution in [1.82, 2.24) is 19.5 Å². The lowest BCUT2D eigenvalue weighted by Gasteiger charge is -2.13. The molecule has 0 bridgehead atoms. The maximum Gasteiger partial charge on any atom is 0.255 e. The maximum atomic E-state index is 12.3. The normalized spacial score (nSPS) is 17.6. The van der Waals surface area contributed by atoms with Crippen molar-refractivity contribution in [3.8, 4) is 5.69 Å². The molecule has 3 heterocycles. The zero-order valence-corrected chi connectivity index (χ0v) is 18.7. The summed E-state index contributed by atoms with van der Waals surface area (Å²) in [5.74, 6) is 1.20. The Labute approximate surface area is 186 Å². The Morgan fingerprint density at radius 3 is 2.66 bits per heavy atom. The van der Waals surface area contributed by atoms with E-state index in [0.29, 0.717) is 22.9 Å². The van der Waals surface area contributed by atoms with E-state index in [9.17, 15) is 13.2 Å². The monoisotopic (exact) mass is 452 g/mol. The summed E-state index contributed by atoms with van der Waals surface area (Å²) < 4.78 is 24.5. The first-order valence-corrected chi connectivity index (χ1v) is 12.3. The van der Waals surface area contributed by atoms with E-state index in [1.165, 1.54) is 16.7 Å². The maximum absolute atomic E-state index is 12.3. The quantitative estimate of drug-likeness (QED) is 0.610. The summed E-state index contributed by atoms with van der Waals surface area (Å²) in [6, 6.07) is 6.71. The summed E-state index contributed by atoms with van der Waals surface area (Å²) in [5.41, 5.74) is 2.80. The predicted molar refractivity (Wildman–Crippen MR) is 124 cm³/mol. The van der Waals surface area contributed by atoms with Crippen LogP contribution in [0.1, 0.15) is 30.5 Å². The third-order valence-electron chi connectivity index (χ3n) is 5.08. The van der Waals surface area contributed by atoms with Crippen LogP contribution < -0.4 is 10.9 Å². The number of sulfone groups is 1. The van der Waals surface area contributed by atoms with Crippen molar-refractivity contribution in [2.75, 3.05) is 11.6 Å². The molecule has 166 valence electrons. The average Bonchev–Trinajstić information content (AvgIpc) is 3.17. The molecule has 1 aliphatic rings. The smallest absolute Gasteiger partial charge is 0.255 e. The molecular weight excluding hydrogens is 428 g/mol. The molecule has 0 aliphatic heterocycles. The molecular formula is C22H24N6O3S. The molecule has 1 saturated carbocycles. The minimum Gasteiger partial charge on any atom is -0.367 e. The fourth-order valence-electron chi connectivity index (χ4n) is 3.60. The van der Waals surface area contributed by atoms with Gasteiger partial charge in [-0.1, -0.05) is 6.07 Å². The van der Waals surface area contributed by atoms with Gasteiger partial charge in [0.05, 0.1) is 35.7 Å². The summed E-state index contributed by atoms with van der Waals surface area (Å²) in [6.45, 7) is 1.89. The first-order valence-electron chi connectivity index (χ1n) is 10.2. The molecule has 1 aliphatic carbocycles. The van der Waals surface area contributed by atoms with Crippen LogP contribution in [0.25, 0.3) is 5.69 Å². The number of pyridine rings is 2. The van der Waals surface area contributed by atoms with Crippen LogP contribution in [0.2, 0.25) is 0 Å². The van der Waals surface area contributed by atoms with Crippen molar-refractivity contribution < 1.29 is 8.42 Å². The van der Waals surface area contributed by atoms with Crippen LogP contribution >= 0.6 is 0 Å². The third kappa shape index (κ3) is 5.64. The van der Waals surface area contributed by atoms with E-state index in [-0.39, 0.29) is 17.4 Å². The second-order valence-corrected chi connectivity index (χ2v) is 10.1. The number of hydrogen-bond acceptors (Lipinski definition) is 8. The van der Waals surface area contributed by atoms with Crippen molar-refractivity contribution in [2.24, 2.45) is 4.99 Å². The molecule has 0 radical (unpaired) electrons. The van der Waals surface area contributed by atoms with Gasteiger partial charge >= 0.3 is 0 Å². The molecule has 0 amide bonds. The zero-order valence-electron chi connectivity index (χ0n) is 17.9. The molecule has 4 rings (SSSR count). The topological polar surface area (TPSA) is 119 Å². The summed E-state index contributed by atoms with van der Waals surface area (Å²) >= 11 is 0. The minimum absolute atomic E-state index is 0.125. The van der Waals surface area contributed by atoms with E-state index in [1.807, 2.05) is 13.0 Å². The van der Waals surface area contributed by atoms with Crippen molar-refractivity contribution in [2.45, 2.75) is 38.0 Å². The van der Waals surface area contributed by atoms with E-state index in [0.717, 1.165) is 36.9 Å². The van der Waals surface area contributed by atoms with E-state index in [4.69, 9.17) is 0 Å². The number of hydrogen-bond donors (Lipinski definition) is 1. The molecule has 0 aromatic carbocycles. The van der Waals surface area contributed by atoms with Crippen LogP contribution in [0.5, 0.6) is 0 Å². The molecule has 1 atom stereocenters. The van der Waals surface area contributed by atoms with Gasteiger partial charge in [-0.25, -0.2) is 23.4 Å². The molecule has 0 spiro atoms. The van der Waals surface area contributed by atoms with Crippen LogP contribution in [-0.2, 0) is 15.6 Å². The standard InChI is InChI=1S/C22H24N6O3S/c1-15-10-24-21(12-23-15)27-18-5-4-17(9-18)26-20-7-6-19(11-25-20)28-13-16(3-8-22(28)29)14-32(2,30)31/h3,6-8,10-13,17H,4-5,9,14H2,1-2H3,(H,25,26)/t17-/m0/s1. The summed E-state index contributed by atoms with van der Waals surface area (Å²) in [5, 5.41) is 3.41. The van der Waals surface area contributed by atoms with Crippen LogP contribution in [0.15, 0.2) is 58.8 Å². The van der Waals surface area contributed by atoms with Crippen molar-refractivity contribution in [3.63, 3.8) is 0 Å². The van der Waals surface area contributed by atoms with E-state index in [2.05, 4.69) is 25.3 Å². The Morgan fingerprint density at radius 2 is 1.97 bits per heavy atom. The first-order chi connectivity index (χ1) is 15.2. The van der Waals surface area contributed by atoms with Crippen molar-refractivity contribution >= 4 is 27.2 Å². The number of aromatic nitrogens is 4. The van der Waals surface area contributed by atoms with Gasteiger partial charge < -0.3 is 5.32 Å². The lowest BCUT2D eigenvalue weighted by molar-refractivity contribution is 0.601. The number of aliphatic imine (C=N–C) groups is 1. The molecule has 1 N–H and O–H groups in total. The predicted octanol–water partition coefficient (Wildman–Crippen LogP) is 2.61. The lowest BCUT2D eigenvalue weighted by Crippen LogP contribution is -2.19. The second kappa shape index (κ2) is 8.99. The Balaban J connectivity index is 1.43. The van der Waals surface area contributed by atoms with Gasteiger partial charge in [0, 0.05) is 36.7 Å². The van der Waals surface area contributed by atoms with Gasteiger partial charge in [0.15, 0.2) is 15.7 Å². The molecule has 1 fully saturated rings. The van der Waals surface area contributed by atoms with Crippen molar-refractivity contribution in [3.05, 3.63) is 70.7 Å². The van der Waals surface area contributed by atoms with Crippen molar-refractivity contribution in [1.29, 1.82) is 0 Å². The highest BCUT2D eigenvalue weighted by Gasteiger charge is 2.21. The second-order valence-electron chi connectivity index (χ2n) is 8.00. The van der Waals surface area contributed by atoms with Gasteiger partial charge in [0.1, 0.15) is 5.82 Å². The summed E-state index contributed by atoms with van der Waals surface area (Å²) in [6.07, 6.45) is 10.3. The molecule has 10 heteroatoms. The Kier molecular flexibility index (Phi) is 6.13. The molecule has 3 aromatic rings.